The van der Waals surface area contributed by atoms with Gasteiger partial charge in [-0.2, -0.15) is 0 Å². The molecule has 2 aromatic heterocycles. The molecule has 0 bridgehead atoms. The van der Waals surface area contributed by atoms with Crippen LogP contribution in [-0.2, 0) is 6.54 Å². The minimum atomic E-state index is 0.594. The quantitative estimate of drug-likeness (QED) is 0.870. The number of nitrogens with one attached hydrogen (secondary N) is 1. The predicted octanol–water partition coefficient (Wildman–Crippen LogP) is 1.95. The van der Waals surface area contributed by atoms with E-state index in [4.69, 9.17) is 0 Å². The van der Waals surface area contributed by atoms with Crippen LogP contribution in [0.4, 0.5) is 5.82 Å². The summed E-state index contributed by atoms with van der Waals surface area (Å²) in [6.07, 6.45) is 4.98. The highest BCUT2D eigenvalue weighted by Gasteiger charge is 1.98. The van der Waals surface area contributed by atoms with Gasteiger partial charge in [-0.15, -0.1) is 0 Å². The molecule has 0 aliphatic carbocycles. The number of anilines is 1. The third-order valence-corrected chi connectivity index (χ3v) is 2.35. The van der Waals surface area contributed by atoms with Crippen LogP contribution in [0.3, 0.4) is 0 Å². The summed E-state index contributed by atoms with van der Waals surface area (Å²) < 4.78 is 0.750. The molecule has 0 unspecified atom stereocenters. The average molecular weight is 280 g/mol. The van der Waals surface area contributed by atoms with E-state index in [0.717, 1.165) is 21.8 Å². The van der Waals surface area contributed by atoms with Gasteiger partial charge in [-0.1, -0.05) is 0 Å². The van der Waals surface area contributed by atoms with Crippen molar-refractivity contribution in [1.82, 2.24) is 19.9 Å². The van der Waals surface area contributed by atoms with Crippen molar-refractivity contribution in [3.63, 3.8) is 0 Å². The standard InChI is InChI=1S/C10H10BrN5/c1-7-3-13-8(4-12-7)5-14-10-2-9(11)15-6-16-10/h2-4,6H,5H2,1H3,(H,14,15,16). The lowest BCUT2D eigenvalue weighted by Crippen LogP contribution is -2.04. The second-order valence-corrected chi connectivity index (χ2v) is 4.04. The summed E-state index contributed by atoms with van der Waals surface area (Å²) in [4.78, 5) is 16.4. The van der Waals surface area contributed by atoms with Crippen LogP contribution in [-0.4, -0.2) is 19.9 Å². The summed E-state index contributed by atoms with van der Waals surface area (Å²) in [6.45, 7) is 2.50. The molecule has 16 heavy (non-hydrogen) atoms. The molecule has 2 heterocycles. The molecule has 5 nitrogen and oxygen atoms in total. The maximum absolute atomic E-state index is 4.24. The number of nitrogens with zero attached hydrogens (tertiary/aromatic N) is 4. The number of hydrogen-bond acceptors (Lipinski definition) is 5. The van der Waals surface area contributed by atoms with E-state index in [1.807, 2.05) is 13.0 Å². The summed E-state index contributed by atoms with van der Waals surface area (Å²) in [6, 6.07) is 1.81. The Labute approximate surface area is 102 Å². The van der Waals surface area contributed by atoms with E-state index < -0.39 is 0 Å². The first-order valence-electron chi connectivity index (χ1n) is 4.73. The highest BCUT2D eigenvalue weighted by atomic mass is 79.9. The second kappa shape index (κ2) is 4.98. The highest BCUT2D eigenvalue weighted by molar-refractivity contribution is 9.10. The molecule has 2 rings (SSSR count). The fourth-order valence-electron chi connectivity index (χ4n) is 1.12. The second-order valence-electron chi connectivity index (χ2n) is 3.23. The Bertz CT molecular complexity index is 471. The van der Waals surface area contributed by atoms with Crippen LogP contribution in [0.5, 0.6) is 0 Å². The summed E-state index contributed by atoms with van der Waals surface area (Å²) in [5.74, 6) is 0.754. The number of hydrogen-bond donors (Lipinski definition) is 1. The summed E-state index contributed by atoms with van der Waals surface area (Å²) >= 11 is 3.28. The van der Waals surface area contributed by atoms with Gasteiger partial charge in [0.15, 0.2) is 0 Å². The predicted molar refractivity (Wildman–Crippen MR) is 63.8 cm³/mol. The first-order chi connectivity index (χ1) is 7.74. The van der Waals surface area contributed by atoms with Crippen LogP contribution in [0.15, 0.2) is 29.4 Å². The van der Waals surface area contributed by atoms with Crippen LogP contribution >= 0.6 is 15.9 Å². The van der Waals surface area contributed by atoms with Crippen molar-refractivity contribution in [3.8, 4) is 0 Å². The summed E-state index contributed by atoms with van der Waals surface area (Å²) in [5.41, 5.74) is 1.79. The van der Waals surface area contributed by atoms with Crippen molar-refractivity contribution in [1.29, 1.82) is 0 Å². The maximum Gasteiger partial charge on any atom is 0.130 e. The van der Waals surface area contributed by atoms with E-state index in [1.54, 1.807) is 12.4 Å². The van der Waals surface area contributed by atoms with Gasteiger partial charge < -0.3 is 5.32 Å². The first kappa shape index (κ1) is 10.9. The monoisotopic (exact) mass is 279 g/mol. The molecule has 0 aliphatic rings. The SMILES string of the molecule is Cc1cnc(CNc2cc(Br)ncn2)cn1. The van der Waals surface area contributed by atoms with E-state index in [0.29, 0.717) is 6.54 Å². The Morgan fingerprint density at radius 3 is 2.75 bits per heavy atom. The molecule has 0 saturated heterocycles. The molecule has 6 heteroatoms. The maximum atomic E-state index is 4.24. The fourth-order valence-corrected chi connectivity index (χ4v) is 1.43. The van der Waals surface area contributed by atoms with Crippen LogP contribution < -0.4 is 5.32 Å². The molecule has 0 saturated carbocycles. The minimum absolute atomic E-state index is 0.594. The lowest BCUT2D eigenvalue weighted by Gasteiger charge is -2.04. The Morgan fingerprint density at radius 1 is 1.19 bits per heavy atom. The average Bonchev–Trinajstić information content (AvgIpc) is 2.28. The van der Waals surface area contributed by atoms with Gasteiger partial charge in [0.1, 0.15) is 16.7 Å². The van der Waals surface area contributed by atoms with E-state index in [1.165, 1.54) is 6.33 Å². The van der Waals surface area contributed by atoms with Crippen molar-refractivity contribution < 1.29 is 0 Å². The number of aromatic nitrogens is 4. The Balaban J connectivity index is 1.99. The molecule has 0 spiro atoms. The molecular formula is C10H10BrN5. The Kier molecular flexibility index (Phi) is 3.40. The molecule has 0 fully saturated rings. The molecule has 0 amide bonds. The molecule has 0 aliphatic heterocycles. The van der Waals surface area contributed by atoms with E-state index >= 15 is 0 Å². The zero-order chi connectivity index (χ0) is 11.4. The van der Waals surface area contributed by atoms with Crippen LogP contribution in [0, 0.1) is 6.92 Å². The van der Waals surface area contributed by atoms with Gasteiger partial charge in [-0.05, 0) is 22.9 Å². The third-order valence-electron chi connectivity index (χ3n) is 1.92. The minimum Gasteiger partial charge on any atom is -0.364 e. The van der Waals surface area contributed by atoms with Crippen molar-refractivity contribution in [2.75, 3.05) is 5.32 Å². The zero-order valence-electron chi connectivity index (χ0n) is 8.68. The Morgan fingerprint density at radius 2 is 2.06 bits per heavy atom. The van der Waals surface area contributed by atoms with Crippen LogP contribution in [0.2, 0.25) is 0 Å². The van der Waals surface area contributed by atoms with Gasteiger partial charge >= 0.3 is 0 Å². The van der Waals surface area contributed by atoms with Crippen molar-refractivity contribution in [2.45, 2.75) is 13.5 Å². The van der Waals surface area contributed by atoms with Gasteiger partial charge in [-0.25, -0.2) is 9.97 Å². The van der Waals surface area contributed by atoms with Gasteiger partial charge in [0.05, 0.1) is 24.1 Å². The molecule has 0 radical (unpaired) electrons. The van der Waals surface area contributed by atoms with Gasteiger partial charge in [0, 0.05) is 12.3 Å². The molecular weight excluding hydrogens is 270 g/mol. The van der Waals surface area contributed by atoms with Crippen molar-refractivity contribution in [2.24, 2.45) is 0 Å². The van der Waals surface area contributed by atoms with Crippen molar-refractivity contribution >= 4 is 21.7 Å². The smallest absolute Gasteiger partial charge is 0.130 e. The topological polar surface area (TPSA) is 63.6 Å². The lowest BCUT2D eigenvalue weighted by atomic mass is 10.4. The highest BCUT2D eigenvalue weighted by Crippen LogP contribution is 2.10. The Hall–Kier alpha value is -1.56. The molecule has 1 N–H and O–H groups in total. The molecule has 82 valence electrons. The van der Waals surface area contributed by atoms with E-state index in [-0.39, 0.29) is 0 Å². The zero-order valence-corrected chi connectivity index (χ0v) is 10.3. The van der Waals surface area contributed by atoms with E-state index in [9.17, 15) is 0 Å². The number of halogens is 1. The lowest BCUT2D eigenvalue weighted by molar-refractivity contribution is 0.971. The molecule has 0 aromatic carbocycles. The molecule has 2 aromatic rings. The summed E-state index contributed by atoms with van der Waals surface area (Å²) in [5, 5.41) is 3.14. The number of aryl methyl sites for hydroxylation is 1. The van der Waals surface area contributed by atoms with Crippen LogP contribution in [0.1, 0.15) is 11.4 Å². The van der Waals surface area contributed by atoms with Crippen LogP contribution in [0.25, 0.3) is 0 Å². The van der Waals surface area contributed by atoms with Crippen molar-refractivity contribution in [3.05, 3.63) is 40.8 Å². The van der Waals surface area contributed by atoms with E-state index in [2.05, 4.69) is 41.2 Å². The number of rotatable bonds is 3. The normalized spacial score (nSPS) is 10.1. The first-order valence-corrected chi connectivity index (χ1v) is 5.52. The third kappa shape index (κ3) is 2.96. The largest absolute Gasteiger partial charge is 0.364 e. The fraction of sp³-hybridized carbons (Fsp3) is 0.200. The van der Waals surface area contributed by atoms with Gasteiger partial charge in [0.2, 0.25) is 0 Å². The molecule has 0 atom stereocenters. The summed E-state index contributed by atoms with van der Waals surface area (Å²) in [7, 11) is 0. The van der Waals surface area contributed by atoms with Gasteiger partial charge in [-0.3, -0.25) is 9.97 Å². The van der Waals surface area contributed by atoms with Gasteiger partial charge in [0.25, 0.3) is 0 Å².